The van der Waals surface area contributed by atoms with Crippen LogP contribution in [0, 0.1) is 6.92 Å². The van der Waals surface area contributed by atoms with Gasteiger partial charge in [0.05, 0.1) is 13.1 Å². The second kappa shape index (κ2) is 9.97. The fourth-order valence-electron chi connectivity index (χ4n) is 4.42. The van der Waals surface area contributed by atoms with Crippen molar-refractivity contribution in [3.63, 3.8) is 0 Å². The molecule has 0 aromatic heterocycles. The summed E-state index contributed by atoms with van der Waals surface area (Å²) in [6.45, 7) is 13.1. The molecule has 2 aromatic rings. The van der Waals surface area contributed by atoms with E-state index in [1.54, 1.807) is 0 Å². The molecule has 3 rings (SSSR count). The molecule has 1 heterocycles. The standard InChI is InChI=1S/C25H36NO2.ClH/c1-20-12-13-24(23(16-20)25(2,3)4)28-19-22(27)18-26(14-8-9-15-26)17-21-10-6-5-7-11-21;/h5-7,10-13,16,22,27H,8-9,14-15,17-19H2,1-4H3;1H/q+1;/p-1. The lowest BCUT2D eigenvalue weighted by Crippen LogP contribution is -3.00. The molecule has 0 saturated carbocycles. The van der Waals surface area contributed by atoms with Gasteiger partial charge in [-0.15, -0.1) is 0 Å². The van der Waals surface area contributed by atoms with E-state index in [0.717, 1.165) is 36.4 Å². The first-order valence-corrected chi connectivity index (χ1v) is 10.6. The summed E-state index contributed by atoms with van der Waals surface area (Å²) in [5.74, 6) is 0.896. The third-order valence-electron chi connectivity index (χ3n) is 5.85. The predicted octanol–water partition coefficient (Wildman–Crippen LogP) is 1.85. The smallest absolute Gasteiger partial charge is 0.137 e. The molecule has 2 aromatic carbocycles. The average molecular weight is 418 g/mol. The fourth-order valence-corrected chi connectivity index (χ4v) is 4.42. The molecule has 1 atom stereocenters. The number of aliphatic hydroxyl groups excluding tert-OH is 1. The number of likely N-dealkylation sites (tertiary alicyclic amines) is 1. The van der Waals surface area contributed by atoms with Crippen LogP contribution >= 0.6 is 0 Å². The van der Waals surface area contributed by atoms with Gasteiger partial charge in [0.15, 0.2) is 0 Å². The van der Waals surface area contributed by atoms with E-state index in [-0.39, 0.29) is 17.8 Å². The molecule has 1 aliphatic rings. The molecular weight excluding hydrogens is 382 g/mol. The third kappa shape index (κ3) is 6.47. The first kappa shape index (κ1) is 23.7. The molecule has 1 aliphatic heterocycles. The first-order valence-electron chi connectivity index (χ1n) is 10.6. The highest BCUT2D eigenvalue weighted by Crippen LogP contribution is 2.32. The number of halogens is 1. The van der Waals surface area contributed by atoms with E-state index in [4.69, 9.17) is 4.74 Å². The van der Waals surface area contributed by atoms with Crippen LogP contribution in [-0.4, -0.2) is 41.9 Å². The molecule has 29 heavy (non-hydrogen) atoms. The van der Waals surface area contributed by atoms with Crippen molar-refractivity contribution in [1.29, 1.82) is 0 Å². The minimum atomic E-state index is -0.462. The Morgan fingerprint density at radius 3 is 2.31 bits per heavy atom. The van der Waals surface area contributed by atoms with Crippen molar-refractivity contribution in [3.05, 3.63) is 65.2 Å². The summed E-state index contributed by atoms with van der Waals surface area (Å²) in [5.41, 5.74) is 3.81. The van der Waals surface area contributed by atoms with Crippen LogP contribution in [0.2, 0.25) is 0 Å². The van der Waals surface area contributed by atoms with Crippen LogP contribution in [0.25, 0.3) is 0 Å². The number of nitrogens with zero attached hydrogens (tertiary/aromatic N) is 1. The summed E-state index contributed by atoms with van der Waals surface area (Å²) >= 11 is 0. The topological polar surface area (TPSA) is 29.5 Å². The Morgan fingerprint density at radius 2 is 1.69 bits per heavy atom. The number of quaternary nitrogens is 1. The van der Waals surface area contributed by atoms with E-state index >= 15 is 0 Å². The van der Waals surface area contributed by atoms with Gasteiger partial charge in [0.25, 0.3) is 0 Å². The Hall–Kier alpha value is -1.55. The van der Waals surface area contributed by atoms with Gasteiger partial charge in [-0.3, -0.25) is 0 Å². The Labute approximate surface area is 182 Å². The first-order chi connectivity index (χ1) is 13.3. The molecule has 4 heteroatoms. The zero-order valence-corrected chi connectivity index (χ0v) is 19.1. The fraction of sp³-hybridized carbons (Fsp3) is 0.520. The van der Waals surface area contributed by atoms with Gasteiger partial charge in [0.2, 0.25) is 0 Å². The molecule has 0 bridgehead atoms. The predicted molar refractivity (Wildman–Crippen MR) is 116 cm³/mol. The summed E-state index contributed by atoms with van der Waals surface area (Å²) in [7, 11) is 0. The Kier molecular flexibility index (Phi) is 8.16. The highest BCUT2D eigenvalue weighted by Gasteiger charge is 2.34. The van der Waals surface area contributed by atoms with Crippen molar-refractivity contribution in [2.24, 2.45) is 0 Å². The molecule has 160 valence electrons. The molecule has 0 amide bonds. The van der Waals surface area contributed by atoms with Crippen molar-refractivity contribution in [2.45, 2.75) is 58.6 Å². The van der Waals surface area contributed by atoms with E-state index in [0.29, 0.717) is 6.61 Å². The molecule has 0 aliphatic carbocycles. The van der Waals surface area contributed by atoms with E-state index in [1.165, 1.54) is 29.5 Å². The van der Waals surface area contributed by atoms with Crippen LogP contribution in [-0.2, 0) is 12.0 Å². The Morgan fingerprint density at radius 1 is 1.03 bits per heavy atom. The highest BCUT2D eigenvalue weighted by atomic mass is 35.5. The lowest BCUT2D eigenvalue weighted by Gasteiger charge is -2.36. The van der Waals surface area contributed by atoms with E-state index in [9.17, 15) is 5.11 Å². The van der Waals surface area contributed by atoms with E-state index < -0.39 is 6.10 Å². The minimum Gasteiger partial charge on any atom is -1.00 e. The molecule has 1 saturated heterocycles. The molecule has 1 unspecified atom stereocenters. The van der Waals surface area contributed by atoms with Crippen LogP contribution in [0.15, 0.2) is 48.5 Å². The van der Waals surface area contributed by atoms with Gasteiger partial charge in [-0.1, -0.05) is 68.8 Å². The zero-order chi connectivity index (χ0) is 20.2. The molecule has 3 nitrogen and oxygen atoms in total. The lowest BCUT2D eigenvalue weighted by molar-refractivity contribution is -0.932. The molecule has 0 radical (unpaired) electrons. The van der Waals surface area contributed by atoms with Gasteiger partial charge >= 0.3 is 0 Å². The summed E-state index contributed by atoms with van der Waals surface area (Å²) < 4.78 is 7.09. The number of rotatable bonds is 7. The van der Waals surface area contributed by atoms with Gasteiger partial charge in [-0.25, -0.2) is 0 Å². The normalized spacial score (nSPS) is 16.9. The zero-order valence-electron chi connectivity index (χ0n) is 18.3. The van der Waals surface area contributed by atoms with Crippen LogP contribution < -0.4 is 17.1 Å². The monoisotopic (exact) mass is 417 g/mol. The maximum absolute atomic E-state index is 10.8. The Bertz CT molecular complexity index is 764. The van der Waals surface area contributed by atoms with E-state index in [1.807, 2.05) is 6.07 Å². The highest BCUT2D eigenvalue weighted by molar-refractivity contribution is 5.41. The number of hydrogen-bond acceptors (Lipinski definition) is 2. The van der Waals surface area contributed by atoms with Gasteiger partial charge in [-0.2, -0.15) is 0 Å². The second-order valence-corrected chi connectivity index (χ2v) is 9.54. The summed E-state index contributed by atoms with van der Waals surface area (Å²) in [5, 5.41) is 10.8. The number of benzene rings is 2. The summed E-state index contributed by atoms with van der Waals surface area (Å²) in [4.78, 5) is 0. The number of hydrogen-bond donors (Lipinski definition) is 1. The quantitative estimate of drug-likeness (QED) is 0.696. The van der Waals surface area contributed by atoms with Crippen molar-refractivity contribution in [1.82, 2.24) is 0 Å². The molecule has 1 fully saturated rings. The largest absolute Gasteiger partial charge is 1.00 e. The molecule has 0 spiro atoms. The summed E-state index contributed by atoms with van der Waals surface area (Å²) in [6, 6.07) is 17.0. The molecule has 1 N–H and O–H groups in total. The van der Waals surface area contributed by atoms with Crippen molar-refractivity contribution in [3.8, 4) is 5.75 Å². The van der Waals surface area contributed by atoms with E-state index in [2.05, 4.69) is 70.2 Å². The SMILES string of the molecule is Cc1ccc(OCC(O)C[N+]2(Cc3ccccc3)CCCC2)c(C(C)(C)C)c1.[Cl-]. The number of ether oxygens (including phenoxy) is 1. The lowest BCUT2D eigenvalue weighted by atomic mass is 9.85. The van der Waals surface area contributed by atoms with Gasteiger partial charge in [-0.05, 0) is 24.0 Å². The number of aliphatic hydroxyl groups is 1. The maximum atomic E-state index is 10.8. The maximum Gasteiger partial charge on any atom is 0.137 e. The van der Waals surface area contributed by atoms with Gasteiger partial charge in [0.1, 0.15) is 31.5 Å². The van der Waals surface area contributed by atoms with Gasteiger partial charge in [0, 0.05) is 18.4 Å². The van der Waals surface area contributed by atoms with Crippen LogP contribution in [0.3, 0.4) is 0 Å². The van der Waals surface area contributed by atoms with Gasteiger partial charge < -0.3 is 26.7 Å². The number of aryl methyl sites for hydroxylation is 1. The average Bonchev–Trinajstić information content (AvgIpc) is 3.08. The van der Waals surface area contributed by atoms with Crippen LogP contribution in [0.5, 0.6) is 5.75 Å². The minimum absolute atomic E-state index is 0. The van der Waals surface area contributed by atoms with Crippen LogP contribution in [0.4, 0.5) is 0 Å². The van der Waals surface area contributed by atoms with Crippen molar-refractivity contribution in [2.75, 3.05) is 26.2 Å². The van der Waals surface area contributed by atoms with Crippen molar-refractivity contribution < 1.29 is 26.7 Å². The summed E-state index contributed by atoms with van der Waals surface area (Å²) in [6.07, 6.45) is 2.02. The van der Waals surface area contributed by atoms with Crippen LogP contribution in [0.1, 0.15) is 50.3 Å². The second-order valence-electron chi connectivity index (χ2n) is 9.54. The third-order valence-corrected chi connectivity index (χ3v) is 5.85. The molecular formula is C25H36ClNO2. The van der Waals surface area contributed by atoms with Crippen molar-refractivity contribution >= 4 is 0 Å². The Balaban J connectivity index is 0.00000300.